The molecule has 0 saturated carbocycles. The maximum atomic E-state index is 13.8. The van der Waals surface area contributed by atoms with E-state index in [1.165, 1.54) is 57.3 Å². The SMILES string of the molecule is CC(=O)N[C@@H](CCC(=O)OCC(C)C)C(=O)N[C@H](C(=O)N[C@@H](C)C(=O)Nc1ccc(C(OC(=O)N(C)CC(=O)NCc2ccc3ccc4cccc5ccc2c3c45)C(=O)NCCCCCN2C(=O)C=CC2=O)cc1)C(C)C. The van der Waals surface area contributed by atoms with Crippen molar-refractivity contribution >= 4 is 97.3 Å². The Morgan fingerprint density at radius 1 is 0.675 bits per heavy atom. The average Bonchev–Trinajstić information content (AvgIpc) is 3.75. The van der Waals surface area contributed by atoms with Crippen molar-refractivity contribution in [2.45, 2.75) is 104 Å². The minimum absolute atomic E-state index is 0.0746. The quantitative estimate of drug-likeness (QED) is 0.0179. The third-order valence-electron chi connectivity index (χ3n) is 12.9. The number of nitrogens with one attached hydrogen (secondary N) is 6. The number of esters is 1. The van der Waals surface area contributed by atoms with Gasteiger partial charge in [0.25, 0.3) is 17.7 Å². The molecule has 9 amide bonds. The lowest BCUT2D eigenvalue weighted by Gasteiger charge is -2.26. The Hall–Kier alpha value is -8.42. The third-order valence-corrected chi connectivity index (χ3v) is 12.9. The van der Waals surface area contributed by atoms with Crippen LogP contribution in [0.2, 0.25) is 0 Å². The molecule has 0 fully saturated rings. The highest BCUT2D eigenvalue weighted by molar-refractivity contribution is 6.23. The standard InChI is InChI=1S/C57H68N8O12/c1-33(2)32-76-48(70)27-24-44(61-36(6)66)54(72)63-51(34(3)4)55(73)60-35(5)53(71)62-42-21-18-40(19-22-42)52(56(74)58-28-9-8-10-29-65-46(68)25-26-47(65)69)77-57(75)64(7)31-45(67)59-30-41-17-16-39-15-14-37-12-11-13-38-20-23-43(41)50(39)49(37)38/h11-23,25-26,33-35,44,51-52H,8-10,24,27-32H2,1-7H3,(H,58,74)(H,59,67)(H,60,73)(H,61,66)(H,62,71)(H,63,72)/t35-,44-,51-,52?/m0/s1. The lowest BCUT2D eigenvalue weighted by atomic mass is 9.92. The van der Waals surface area contributed by atoms with E-state index in [-0.39, 0.29) is 68.1 Å². The second-order valence-corrected chi connectivity index (χ2v) is 19.9. The maximum Gasteiger partial charge on any atom is 0.411 e. The zero-order valence-electron chi connectivity index (χ0n) is 44.5. The number of nitrogens with zero attached hydrogens (tertiary/aromatic N) is 2. The van der Waals surface area contributed by atoms with Gasteiger partial charge in [0.1, 0.15) is 24.7 Å². The summed E-state index contributed by atoms with van der Waals surface area (Å²) in [6.45, 7) is 10.2. The second-order valence-electron chi connectivity index (χ2n) is 19.9. The van der Waals surface area contributed by atoms with Gasteiger partial charge in [0.15, 0.2) is 0 Å². The van der Waals surface area contributed by atoms with Crippen LogP contribution in [0.15, 0.2) is 91.0 Å². The van der Waals surface area contributed by atoms with E-state index in [1.54, 1.807) is 13.8 Å². The van der Waals surface area contributed by atoms with Crippen LogP contribution in [0.4, 0.5) is 10.5 Å². The lowest BCUT2D eigenvalue weighted by molar-refractivity contribution is -0.145. The first-order valence-electron chi connectivity index (χ1n) is 25.8. The second kappa shape index (κ2) is 26.9. The van der Waals surface area contributed by atoms with E-state index < -0.39 is 84.2 Å². The summed E-state index contributed by atoms with van der Waals surface area (Å²) in [5.41, 5.74) is 1.37. The molecular weight excluding hydrogens is 989 g/mol. The summed E-state index contributed by atoms with van der Waals surface area (Å²) < 4.78 is 11.0. The van der Waals surface area contributed by atoms with E-state index in [2.05, 4.69) is 62.2 Å². The molecule has 6 N–H and O–H groups in total. The van der Waals surface area contributed by atoms with Gasteiger partial charge in [0, 0.05) is 63.4 Å². The van der Waals surface area contributed by atoms with Gasteiger partial charge in [0.2, 0.25) is 35.6 Å². The number of amides is 9. The van der Waals surface area contributed by atoms with Crippen LogP contribution in [0.3, 0.4) is 0 Å². The number of carbonyl (C=O) groups excluding carboxylic acids is 10. The Bertz CT molecular complexity index is 2990. The summed E-state index contributed by atoms with van der Waals surface area (Å²) in [7, 11) is 1.37. The molecule has 0 aliphatic carbocycles. The molecule has 0 saturated heterocycles. The number of carbonyl (C=O) groups is 10. The molecule has 4 atom stereocenters. The Morgan fingerprint density at radius 3 is 1.97 bits per heavy atom. The minimum atomic E-state index is -1.51. The number of benzene rings is 5. The monoisotopic (exact) mass is 1060 g/mol. The summed E-state index contributed by atoms with van der Waals surface area (Å²) in [6, 6.07) is 20.9. The van der Waals surface area contributed by atoms with E-state index in [0.717, 1.165) is 47.7 Å². The minimum Gasteiger partial charge on any atom is -0.465 e. The summed E-state index contributed by atoms with van der Waals surface area (Å²) in [5.74, 6) is -5.32. The van der Waals surface area contributed by atoms with Gasteiger partial charge in [-0.05, 0) is 94.5 Å². The summed E-state index contributed by atoms with van der Waals surface area (Å²) in [5, 5.41) is 22.7. The number of hydrogen-bond acceptors (Lipinski definition) is 12. The molecule has 20 nitrogen and oxygen atoms in total. The molecule has 1 unspecified atom stereocenters. The van der Waals surface area contributed by atoms with E-state index in [9.17, 15) is 47.9 Å². The molecule has 0 radical (unpaired) electrons. The van der Waals surface area contributed by atoms with Crippen LogP contribution >= 0.6 is 0 Å². The molecule has 77 heavy (non-hydrogen) atoms. The molecule has 0 spiro atoms. The normalized spacial score (nSPS) is 13.8. The number of unbranched alkanes of at least 4 members (excludes halogenated alkanes) is 2. The highest BCUT2D eigenvalue weighted by atomic mass is 16.6. The van der Waals surface area contributed by atoms with Crippen LogP contribution < -0.4 is 31.9 Å². The van der Waals surface area contributed by atoms with Crippen LogP contribution in [-0.4, -0.2) is 121 Å². The maximum absolute atomic E-state index is 13.8. The zero-order valence-corrected chi connectivity index (χ0v) is 44.5. The largest absolute Gasteiger partial charge is 0.465 e. The van der Waals surface area contributed by atoms with Crippen molar-refractivity contribution in [3.05, 3.63) is 102 Å². The lowest BCUT2D eigenvalue weighted by Crippen LogP contribution is -2.57. The van der Waals surface area contributed by atoms with E-state index in [4.69, 9.17) is 9.47 Å². The zero-order chi connectivity index (χ0) is 55.9. The van der Waals surface area contributed by atoms with Crippen molar-refractivity contribution in [3.8, 4) is 0 Å². The predicted molar refractivity (Wildman–Crippen MR) is 289 cm³/mol. The van der Waals surface area contributed by atoms with Crippen molar-refractivity contribution in [1.29, 1.82) is 0 Å². The molecule has 6 rings (SSSR count). The summed E-state index contributed by atoms with van der Waals surface area (Å²) in [4.78, 5) is 131. The fourth-order valence-electron chi connectivity index (χ4n) is 8.73. The third kappa shape index (κ3) is 15.8. The molecular formula is C57H68N8O12. The van der Waals surface area contributed by atoms with Crippen molar-refractivity contribution in [2.24, 2.45) is 11.8 Å². The number of imide groups is 1. The number of rotatable bonds is 26. The number of anilines is 1. The molecule has 0 bridgehead atoms. The Kier molecular flexibility index (Phi) is 20.2. The molecule has 5 aromatic carbocycles. The highest BCUT2D eigenvalue weighted by Gasteiger charge is 2.32. The van der Waals surface area contributed by atoms with Gasteiger partial charge in [-0.15, -0.1) is 0 Å². The van der Waals surface area contributed by atoms with Crippen LogP contribution in [-0.2, 0) is 59.2 Å². The van der Waals surface area contributed by atoms with Gasteiger partial charge in [0.05, 0.1) is 6.61 Å². The Balaban J connectivity index is 1.06. The van der Waals surface area contributed by atoms with Gasteiger partial charge in [-0.1, -0.05) is 94.4 Å². The molecule has 408 valence electrons. The van der Waals surface area contributed by atoms with Crippen molar-refractivity contribution < 1.29 is 57.4 Å². The van der Waals surface area contributed by atoms with Gasteiger partial charge in [-0.3, -0.25) is 48.1 Å². The Morgan fingerprint density at radius 2 is 1.32 bits per heavy atom. The van der Waals surface area contributed by atoms with E-state index in [1.807, 2.05) is 38.1 Å². The van der Waals surface area contributed by atoms with E-state index in [0.29, 0.717) is 19.3 Å². The molecule has 1 aliphatic heterocycles. The summed E-state index contributed by atoms with van der Waals surface area (Å²) in [6.07, 6.45) is 1.26. The van der Waals surface area contributed by atoms with Crippen LogP contribution in [0.5, 0.6) is 0 Å². The van der Waals surface area contributed by atoms with E-state index >= 15 is 0 Å². The van der Waals surface area contributed by atoms with Crippen LogP contribution in [0, 0.1) is 11.8 Å². The van der Waals surface area contributed by atoms with Gasteiger partial charge in [-0.25, -0.2) is 4.79 Å². The Labute approximate surface area is 446 Å². The molecule has 0 aromatic heterocycles. The van der Waals surface area contributed by atoms with Crippen molar-refractivity contribution in [3.63, 3.8) is 0 Å². The first-order valence-corrected chi connectivity index (χ1v) is 25.8. The first-order chi connectivity index (χ1) is 36.7. The predicted octanol–water partition coefficient (Wildman–Crippen LogP) is 5.29. The summed E-state index contributed by atoms with van der Waals surface area (Å²) >= 11 is 0. The first kappa shape index (κ1) is 57.9. The van der Waals surface area contributed by atoms with Crippen molar-refractivity contribution in [1.82, 2.24) is 36.4 Å². The van der Waals surface area contributed by atoms with Gasteiger partial charge >= 0.3 is 12.1 Å². The average molecular weight is 1060 g/mol. The van der Waals surface area contributed by atoms with Crippen LogP contribution in [0.1, 0.15) is 90.9 Å². The number of likely N-dealkylation sites (N-methyl/N-ethyl adjacent to an activating group) is 1. The highest BCUT2D eigenvalue weighted by Crippen LogP contribution is 2.36. The topological polar surface area (TPSA) is 268 Å². The van der Waals surface area contributed by atoms with Crippen molar-refractivity contribution in [2.75, 3.05) is 38.6 Å². The molecule has 5 aromatic rings. The number of hydrogen-bond donors (Lipinski definition) is 6. The smallest absolute Gasteiger partial charge is 0.411 e. The fourth-order valence-corrected chi connectivity index (χ4v) is 8.73. The molecule has 1 aliphatic rings. The van der Waals surface area contributed by atoms with Gasteiger partial charge < -0.3 is 46.3 Å². The number of ether oxygens (including phenoxy) is 2. The molecule has 1 heterocycles. The van der Waals surface area contributed by atoms with Gasteiger partial charge in [-0.2, -0.15) is 0 Å². The van der Waals surface area contributed by atoms with Crippen LogP contribution in [0.25, 0.3) is 32.3 Å². The fraction of sp³-hybridized carbons (Fsp3) is 0.404. The molecule has 20 heteroatoms.